The summed E-state index contributed by atoms with van der Waals surface area (Å²) in [5.41, 5.74) is -0.0321. The largest absolute Gasteiger partial charge is 0.385 e. The first-order valence-electron chi connectivity index (χ1n) is 8.00. The molecule has 120 valence electrons. The Morgan fingerprint density at radius 3 is 2.36 bits per heavy atom. The van der Waals surface area contributed by atoms with Gasteiger partial charge in [0.2, 0.25) is 5.91 Å². The summed E-state index contributed by atoms with van der Waals surface area (Å²) in [6.45, 7) is 0.868. The van der Waals surface area contributed by atoms with E-state index in [1.807, 2.05) is 0 Å². The van der Waals surface area contributed by atoms with Crippen molar-refractivity contribution in [3.63, 3.8) is 0 Å². The third-order valence-corrected chi connectivity index (χ3v) is 4.93. The minimum Gasteiger partial charge on any atom is -0.385 e. The molecule has 0 bridgehead atoms. The van der Waals surface area contributed by atoms with Gasteiger partial charge in [-0.3, -0.25) is 4.79 Å². The third kappa shape index (κ3) is 3.58. The lowest BCUT2D eigenvalue weighted by atomic mass is 9.93. The molecule has 0 aromatic carbocycles. The monoisotopic (exact) mass is 304 g/mol. The number of amides is 1. The molecule has 0 unspecified atom stereocenters. The number of rotatable bonds is 6. The van der Waals surface area contributed by atoms with Gasteiger partial charge in [-0.05, 0) is 32.1 Å². The van der Waals surface area contributed by atoms with Crippen molar-refractivity contribution in [3.8, 4) is 12.1 Å². The van der Waals surface area contributed by atoms with Gasteiger partial charge in [-0.1, -0.05) is 12.8 Å². The van der Waals surface area contributed by atoms with Crippen LogP contribution in [-0.2, 0) is 9.53 Å². The molecular weight excluding hydrogens is 280 g/mol. The molecule has 1 saturated heterocycles. The second kappa shape index (κ2) is 7.58. The van der Waals surface area contributed by atoms with Gasteiger partial charge in [-0.25, -0.2) is 0 Å². The molecule has 1 N–H and O–H groups in total. The zero-order valence-corrected chi connectivity index (χ0v) is 13.2. The van der Waals surface area contributed by atoms with Crippen LogP contribution in [0.3, 0.4) is 0 Å². The van der Waals surface area contributed by atoms with Crippen LogP contribution in [0, 0.1) is 22.7 Å². The van der Waals surface area contributed by atoms with Gasteiger partial charge in [0.15, 0.2) is 0 Å². The van der Waals surface area contributed by atoms with E-state index in [1.165, 1.54) is 4.90 Å². The Kier molecular flexibility index (Phi) is 5.76. The number of likely N-dealkylation sites (tertiary alicyclic amines) is 1. The lowest BCUT2D eigenvalue weighted by Crippen LogP contribution is -2.51. The first kappa shape index (κ1) is 16.7. The van der Waals surface area contributed by atoms with Crippen molar-refractivity contribution in [1.82, 2.24) is 10.2 Å². The van der Waals surface area contributed by atoms with Gasteiger partial charge in [0.05, 0.1) is 18.7 Å². The highest BCUT2D eigenvalue weighted by Crippen LogP contribution is 2.32. The lowest BCUT2D eigenvalue weighted by Gasteiger charge is -2.32. The molecule has 6 nitrogen and oxygen atoms in total. The fraction of sp³-hybridized carbons (Fsp3) is 0.812. The predicted molar refractivity (Wildman–Crippen MR) is 80.6 cm³/mol. The number of hydrogen-bond donors (Lipinski definition) is 1. The first-order valence-corrected chi connectivity index (χ1v) is 8.00. The fourth-order valence-electron chi connectivity index (χ4n) is 3.63. The molecule has 1 aliphatic carbocycles. The average Bonchev–Trinajstić information content (AvgIpc) is 3.17. The minimum absolute atomic E-state index is 0.0321. The summed E-state index contributed by atoms with van der Waals surface area (Å²) in [5.74, 6) is -0.140. The van der Waals surface area contributed by atoms with Crippen molar-refractivity contribution in [2.45, 2.75) is 62.6 Å². The van der Waals surface area contributed by atoms with E-state index in [4.69, 9.17) is 15.3 Å². The first-order chi connectivity index (χ1) is 10.7. The zero-order chi connectivity index (χ0) is 16.0. The summed E-state index contributed by atoms with van der Waals surface area (Å²) in [7, 11) is 1.69. The van der Waals surface area contributed by atoms with Crippen molar-refractivity contribution in [2.75, 3.05) is 20.3 Å². The molecule has 1 saturated carbocycles. The Labute approximate surface area is 132 Å². The highest BCUT2D eigenvalue weighted by molar-refractivity contribution is 5.80. The van der Waals surface area contributed by atoms with Crippen LogP contribution in [0.15, 0.2) is 0 Å². The van der Waals surface area contributed by atoms with Crippen LogP contribution < -0.4 is 5.32 Å². The van der Waals surface area contributed by atoms with Crippen LogP contribution in [-0.4, -0.2) is 48.7 Å². The topological polar surface area (TPSA) is 89.2 Å². The van der Waals surface area contributed by atoms with Gasteiger partial charge in [0, 0.05) is 19.3 Å². The normalized spacial score (nSPS) is 26.6. The zero-order valence-electron chi connectivity index (χ0n) is 13.2. The van der Waals surface area contributed by atoms with E-state index < -0.39 is 12.1 Å². The van der Waals surface area contributed by atoms with Crippen LogP contribution in [0.2, 0.25) is 0 Å². The van der Waals surface area contributed by atoms with Crippen molar-refractivity contribution in [1.29, 1.82) is 10.5 Å². The standard InChI is InChI=1S/C16H24N4O2/c1-22-9-8-16(6-2-3-7-16)19-12-15(21)20-13(10-17)4-5-14(20)11-18/h13-14,19H,2-9,12H2,1H3/t13-,14+. The fourth-order valence-corrected chi connectivity index (χ4v) is 3.63. The smallest absolute Gasteiger partial charge is 0.238 e. The van der Waals surface area contributed by atoms with E-state index in [2.05, 4.69) is 17.5 Å². The molecule has 1 aliphatic heterocycles. The Hall–Kier alpha value is -1.63. The average molecular weight is 304 g/mol. The molecule has 0 aromatic heterocycles. The van der Waals surface area contributed by atoms with Crippen LogP contribution >= 0.6 is 0 Å². The van der Waals surface area contributed by atoms with Gasteiger partial charge in [-0.15, -0.1) is 0 Å². The maximum absolute atomic E-state index is 12.5. The molecule has 1 heterocycles. The number of carbonyl (C=O) groups is 1. The summed E-state index contributed by atoms with van der Waals surface area (Å²) in [4.78, 5) is 14.0. The molecular formula is C16H24N4O2. The van der Waals surface area contributed by atoms with Gasteiger partial charge in [-0.2, -0.15) is 10.5 Å². The Balaban J connectivity index is 1.96. The highest BCUT2D eigenvalue weighted by atomic mass is 16.5. The third-order valence-electron chi connectivity index (χ3n) is 4.93. The number of nitrogens with zero attached hydrogens (tertiary/aromatic N) is 3. The van der Waals surface area contributed by atoms with Gasteiger partial charge < -0.3 is 15.0 Å². The maximum Gasteiger partial charge on any atom is 0.238 e. The summed E-state index contributed by atoms with van der Waals surface area (Å²) < 4.78 is 5.18. The van der Waals surface area contributed by atoms with E-state index in [0.717, 1.165) is 32.1 Å². The van der Waals surface area contributed by atoms with Crippen LogP contribution in [0.5, 0.6) is 0 Å². The second-order valence-corrected chi connectivity index (χ2v) is 6.25. The number of nitriles is 2. The molecule has 22 heavy (non-hydrogen) atoms. The van der Waals surface area contributed by atoms with Crippen molar-refractivity contribution < 1.29 is 9.53 Å². The van der Waals surface area contributed by atoms with E-state index in [-0.39, 0.29) is 18.0 Å². The molecule has 6 heteroatoms. The summed E-state index contributed by atoms with van der Waals surface area (Å²) in [6.07, 6.45) is 6.50. The van der Waals surface area contributed by atoms with E-state index in [0.29, 0.717) is 19.4 Å². The maximum atomic E-state index is 12.5. The number of carbonyl (C=O) groups excluding carboxylic acids is 1. The molecule has 0 aromatic rings. The summed E-state index contributed by atoms with van der Waals surface area (Å²) in [6, 6.07) is 3.35. The number of ether oxygens (including phenoxy) is 1. The van der Waals surface area contributed by atoms with Gasteiger partial charge in [0.1, 0.15) is 12.1 Å². The number of nitrogens with one attached hydrogen (secondary N) is 1. The number of hydrogen-bond acceptors (Lipinski definition) is 5. The van der Waals surface area contributed by atoms with Gasteiger partial charge >= 0.3 is 0 Å². The molecule has 0 spiro atoms. The SMILES string of the molecule is COCCC1(NCC(=O)N2[C@H](C#N)CC[C@@H]2C#N)CCCC1. The molecule has 1 amide bonds. The Morgan fingerprint density at radius 2 is 1.86 bits per heavy atom. The minimum atomic E-state index is -0.461. The quantitative estimate of drug-likeness (QED) is 0.799. The second-order valence-electron chi connectivity index (χ2n) is 6.25. The Morgan fingerprint density at radius 1 is 1.27 bits per heavy atom. The van der Waals surface area contributed by atoms with Crippen LogP contribution in [0.25, 0.3) is 0 Å². The van der Waals surface area contributed by atoms with Crippen molar-refractivity contribution in [3.05, 3.63) is 0 Å². The predicted octanol–water partition coefficient (Wildman–Crippen LogP) is 1.33. The van der Waals surface area contributed by atoms with Crippen LogP contribution in [0.4, 0.5) is 0 Å². The van der Waals surface area contributed by atoms with E-state index in [1.54, 1.807) is 7.11 Å². The molecule has 2 aliphatic rings. The lowest BCUT2D eigenvalue weighted by molar-refractivity contribution is -0.131. The number of methoxy groups -OCH3 is 1. The van der Waals surface area contributed by atoms with Crippen molar-refractivity contribution >= 4 is 5.91 Å². The van der Waals surface area contributed by atoms with E-state index >= 15 is 0 Å². The van der Waals surface area contributed by atoms with E-state index in [9.17, 15) is 4.79 Å². The molecule has 2 rings (SSSR count). The summed E-state index contributed by atoms with van der Waals surface area (Å²) in [5, 5.41) is 21.7. The van der Waals surface area contributed by atoms with Crippen LogP contribution in [0.1, 0.15) is 44.9 Å². The summed E-state index contributed by atoms with van der Waals surface area (Å²) >= 11 is 0. The molecule has 2 atom stereocenters. The highest BCUT2D eigenvalue weighted by Gasteiger charge is 2.39. The van der Waals surface area contributed by atoms with Crippen molar-refractivity contribution in [2.24, 2.45) is 0 Å². The van der Waals surface area contributed by atoms with Gasteiger partial charge in [0.25, 0.3) is 0 Å². The molecule has 2 fully saturated rings. The Bertz CT molecular complexity index is 452. The molecule has 0 radical (unpaired) electrons.